The van der Waals surface area contributed by atoms with Gasteiger partial charge in [0.25, 0.3) is 5.91 Å². The smallest absolute Gasteiger partial charge is 0.333 e. The number of hydrogen-bond donors (Lipinski definition) is 2. The highest BCUT2D eigenvalue weighted by Gasteiger charge is 2.22. The molecule has 0 aromatic carbocycles. The summed E-state index contributed by atoms with van der Waals surface area (Å²) >= 11 is 6.50. The topological polar surface area (TPSA) is 112 Å². The lowest BCUT2D eigenvalue weighted by atomic mass is 10.1. The summed E-state index contributed by atoms with van der Waals surface area (Å²) in [5.74, 6) is -0.481. The maximum absolute atomic E-state index is 12.8. The Kier molecular flexibility index (Phi) is 5.36. The van der Waals surface area contributed by atoms with E-state index in [-0.39, 0.29) is 5.69 Å². The van der Waals surface area contributed by atoms with E-state index in [4.69, 9.17) is 16.9 Å². The van der Waals surface area contributed by atoms with Crippen molar-refractivity contribution in [1.29, 1.82) is 5.26 Å². The fraction of sp³-hybridized carbons (Fsp3) is 0.190. The van der Waals surface area contributed by atoms with Crippen LogP contribution in [0.3, 0.4) is 0 Å². The van der Waals surface area contributed by atoms with Gasteiger partial charge in [-0.15, -0.1) is 0 Å². The molecule has 0 aliphatic rings. The molecule has 0 saturated heterocycles. The minimum atomic E-state index is -2.76. The van der Waals surface area contributed by atoms with E-state index in [0.29, 0.717) is 43.3 Å². The van der Waals surface area contributed by atoms with Gasteiger partial charge in [0.05, 0.1) is 28.7 Å². The molecule has 2 N–H and O–H groups in total. The van der Waals surface area contributed by atoms with Crippen LogP contribution in [0, 0.1) is 11.3 Å². The Balaban J connectivity index is 1.69. The number of aromatic amines is 1. The number of aromatic nitrogens is 5. The minimum absolute atomic E-state index is 0.145. The predicted molar refractivity (Wildman–Crippen MR) is 114 cm³/mol. The van der Waals surface area contributed by atoms with Crippen molar-refractivity contribution in [2.24, 2.45) is 0 Å². The molecule has 0 saturated carbocycles. The van der Waals surface area contributed by atoms with E-state index >= 15 is 0 Å². The van der Waals surface area contributed by atoms with Crippen LogP contribution in [-0.2, 0) is 0 Å². The lowest BCUT2D eigenvalue weighted by Gasteiger charge is -2.17. The summed E-state index contributed by atoms with van der Waals surface area (Å²) in [6.45, 7) is 0.414. The average Bonchev–Trinajstić information content (AvgIpc) is 3.38. The van der Waals surface area contributed by atoms with Gasteiger partial charge in [-0.05, 0) is 32.0 Å². The molecular weight excluding hydrogens is 440 g/mol. The van der Waals surface area contributed by atoms with E-state index in [2.05, 4.69) is 25.4 Å². The second-order valence-corrected chi connectivity index (χ2v) is 7.90. The van der Waals surface area contributed by atoms with Crippen molar-refractivity contribution in [3.8, 4) is 28.6 Å². The Labute approximate surface area is 185 Å². The number of rotatable bonds is 5. The number of fused-ring (bicyclic) bond motifs is 1. The van der Waals surface area contributed by atoms with Crippen molar-refractivity contribution >= 4 is 28.5 Å². The number of H-pyrrole nitrogens is 1. The molecule has 32 heavy (non-hydrogen) atoms. The number of nitrogens with zero attached hydrogens (tertiary/aromatic N) is 5. The quantitative estimate of drug-likeness (QED) is 0.457. The van der Waals surface area contributed by atoms with Crippen LogP contribution in [0.5, 0.6) is 0 Å². The monoisotopic (exact) mass is 455 g/mol. The molecule has 8 nitrogen and oxygen atoms in total. The summed E-state index contributed by atoms with van der Waals surface area (Å²) < 4.78 is 26.2. The van der Waals surface area contributed by atoms with E-state index < -0.39 is 18.0 Å². The molecule has 4 aromatic rings. The molecule has 1 amide bonds. The van der Waals surface area contributed by atoms with Crippen molar-refractivity contribution in [2.45, 2.75) is 25.9 Å². The first kappa shape index (κ1) is 21.4. The highest BCUT2D eigenvalue weighted by atomic mass is 35.5. The van der Waals surface area contributed by atoms with Crippen LogP contribution >= 0.6 is 11.6 Å². The average molecular weight is 456 g/mol. The van der Waals surface area contributed by atoms with Gasteiger partial charge in [-0.25, -0.2) is 14.6 Å². The molecular formula is C21H16ClF2N7O. The van der Waals surface area contributed by atoms with Gasteiger partial charge in [-0.1, -0.05) is 17.7 Å². The Hall–Kier alpha value is -3.84. The molecule has 0 aliphatic carbocycles. The maximum atomic E-state index is 12.8. The van der Waals surface area contributed by atoms with Crippen molar-refractivity contribution in [2.75, 3.05) is 0 Å². The van der Waals surface area contributed by atoms with Crippen LogP contribution in [0.15, 0.2) is 42.9 Å². The third-order valence-electron chi connectivity index (χ3n) is 4.66. The van der Waals surface area contributed by atoms with E-state index in [1.165, 1.54) is 12.4 Å². The number of carbonyl (C=O) groups is 1. The first-order valence-corrected chi connectivity index (χ1v) is 9.77. The second-order valence-electron chi connectivity index (χ2n) is 7.52. The summed E-state index contributed by atoms with van der Waals surface area (Å²) in [6, 6.07) is 8.67. The van der Waals surface area contributed by atoms with Crippen LogP contribution < -0.4 is 5.32 Å². The molecule has 0 fully saturated rings. The number of hydrogen-bond acceptors (Lipinski definition) is 5. The predicted octanol–water partition coefficient (Wildman–Crippen LogP) is 4.57. The van der Waals surface area contributed by atoms with Gasteiger partial charge in [0, 0.05) is 28.9 Å². The van der Waals surface area contributed by atoms with Crippen LogP contribution in [0.25, 0.3) is 33.5 Å². The highest BCUT2D eigenvalue weighted by Crippen LogP contribution is 2.35. The van der Waals surface area contributed by atoms with E-state index in [0.717, 1.165) is 0 Å². The summed E-state index contributed by atoms with van der Waals surface area (Å²) in [5.41, 5.74) is 1.45. The third kappa shape index (κ3) is 4.02. The zero-order valence-electron chi connectivity index (χ0n) is 16.9. The number of halogens is 3. The first-order chi connectivity index (χ1) is 15.2. The van der Waals surface area contributed by atoms with Crippen molar-refractivity contribution in [3.63, 3.8) is 0 Å². The first-order valence-electron chi connectivity index (χ1n) is 9.39. The van der Waals surface area contributed by atoms with E-state index in [1.54, 1.807) is 44.3 Å². The van der Waals surface area contributed by atoms with Crippen molar-refractivity contribution < 1.29 is 13.6 Å². The van der Waals surface area contributed by atoms with Gasteiger partial charge in [0.2, 0.25) is 0 Å². The molecule has 162 valence electrons. The summed E-state index contributed by atoms with van der Waals surface area (Å²) in [4.78, 5) is 24.2. The van der Waals surface area contributed by atoms with Gasteiger partial charge >= 0.3 is 6.55 Å². The zero-order chi connectivity index (χ0) is 23.0. The molecule has 0 aliphatic heterocycles. The molecule has 0 atom stereocenters. The molecule has 4 aromatic heterocycles. The van der Waals surface area contributed by atoms with Crippen LogP contribution in [0.2, 0.25) is 5.02 Å². The summed E-state index contributed by atoms with van der Waals surface area (Å²) in [5, 5.41) is 16.2. The van der Waals surface area contributed by atoms with Crippen LogP contribution in [0.1, 0.15) is 30.9 Å². The van der Waals surface area contributed by atoms with Crippen LogP contribution in [-0.4, -0.2) is 36.2 Å². The van der Waals surface area contributed by atoms with Gasteiger partial charge in [-0.2, -0.15) is 19.1 Å². The Morgan fingerprint density at radius 1 is 1.31 bits per heavy atom. The molecule has 0 spiro atoms. The highest BCUT2D eigenvalue weighted by molar-refractivity contribution is 6.38. The van der Waals surface area contributed by atoms with Crippen molar-refractivity contribution in [3.05, 3.63) is 53.6 Å². The Morgan fingerprint density at radius 3 is 2.78 bits per heavy atom. The standard InChI is InChI=1S/C21H16ClF2N7O/c1-21(2,10-25)30-19(32)15-5-3-4-14(28-15)11-6-13-16(22)17(29-18(13)26-7-11)12-8-27-31(9-12)20(23)24/h3-9,20H,1-2H3,(H,26,29)(H,30,32). The summed E-state index contributed by atoms with van der Waals surface area (Å²) in [6.07, 6.45) is 4.04. The number of carbonyl (C=O) groups excluding carboxylic acids is 1. The number of nitrogens with one attached hydrogen (secondary N) is 2. The Morgan fingerprint density at radius 2 is 2.09 bits per heavy atom. The van der Waals surface area contributed by atoms with E-state index in [1.807, 2.05) is 6.07 Å². The zero-order valence-corrected chi connectivity index (χ0v) is 17.7. The molecule has 4 rings (SSSR count). The fourth-order valence-electron chi connectivity index (χ4n) is 3.05. The fourth-order valence-corrected chi connectivity index (χ4v) is 3.35. The number of nitriles is 1. The largest absolute Gasteiger partial charge is 0.338 e. The van der Waals surface area contributed by atoms with Crippen molar-refractivity contribution in [1.82, 2.24) is 30.0 Å². The second kappa shape index (κ2) is 8.01. The lowest BCUT2D eigenvalue weighted by Crippen LogP contribution is -2.42. The number of amides is 1. The number of alkyl halides is 2. The molecule has 0 unspecified atom stereocenters. The third-order valence-corrected chi connectivity index (χ3v) is 5.05. The van der Waals surface area contributed by atoms with Gasteiger partial charge in [0.15, 0.2) is 0 Å². The van der Waals surface area contributed by atoms with Gasteiger partial charge in [-0.3, -0.25) is 4.79 Å². The summed E-state index contributed by atoms with van der Waals surface area (Å²) in [7, 11) is 0. The molecule has 0 bridgehead atoms. The van der Waals surface area contributed by atoms with Crippen LogP contribution in [0.4, 0.5) is 8.78 Å². The molecule has 0 radical (unpaired) electrons. The lowest BCUT2D eigenvalue weighted by molar-refractivity contribution is 0.0566. The minimum Gasteiger partial charge on any atom is -0.338 e. The number of pyridine rings is 2. The van der Waals surface area contributed by atoms with E-state index in [9.17, 15) is 13.6 Å². The molecule has 11 heteroatoms. The Bertz CT molecular complexity index is 1370. The SMILES string of the molecule is CC(C)(C#N)NC(=O)c1cccc(-c2cnc3[nH]c(-c4cnn(C(F)F)c4)c(Cl)c3c2)n1. The van der Waals surface area contributed by atoms with Gasteiger partial charge < -0.3 is 10.3 Å². The maximum Gasteiger partial charge on any atom is 0.333 e. The normalized spacial score (nSPS) is 11.7. The van der Waals surface area contributed by atoms with Gasteiger partial charge in [0.1, 0.15) is 16.9 Å². The molecule has 4 heterocycles.